The van der Waals surface area contributed by atoms with Crippen LogP contribution < -0.4 is 5.73 Å². The van der Waals surface area contributed by atoms with E-state index in [9.17, 15) is 4.79 Å². The molecule has 1 unspecified atom stereocenters. The second-order valence-electron chi connectivity index (χ2n) is 5.37. The summed E-state index contributed by atoms with van der Waals surface area (Å²) >= 11 is 0. The van der Waals surface area contributed by atoms with E-state index in [-0.39, 0.29) is 29.8 Å². The van der Waals surface area contributed by atoms with E-state index in [1.54, 1.807) is 6.92 Å². The molecule has 2 heterocycles. The number of oxazole rings is 1. The summed E-state index contributed by atoms with van der Waals surface area (Å²) in [4.78, 5) is 18.0. The van der Waals surface area contributed by atoms with E-state index in [1.165, 1.54) is 6.39 Å². The van der Waals surface area contributed by atoms with Crippen molar-refractivity contribution in [3.63, 3.8) is 0 Å². The van der Waals surface area contributed by atoms with Gasteiger partial charge in [-0.2, -0.15) is 0 Å². The predicted molar refractivity (Wildman–Crippen MR) is 70.8 cm³/mol. The van der Waals surface area contributed by atoms with Crippen molar-refractivity contribution >= 4 is 18.3 Å². The minimum Gasteiger partial charge on any atom is -0.448 e. The third-order valence-electron chi connectivity index (χ3n) is 3.55. The number of piperidine rings is 1. The van der Waals surface area contributed by atoms with E-state index in [1.807, 2.05) is 4.90 Å². The van der Waals surface area contributed by atoms with Crippen LogP contribution in [0.3, 0.4) is 0 Å². The summed E-state index contributed by atoms with van der Waals surface area (Å²) in [7, 11) is 0. The van der Waals surface area contributed by atoms with Crippen LogP contribution in [0.2, 0.25) is 0 Å². The van der Waals surface area contributed by atoms with Gasteiger partial charge in [0, 0.05) is 19.1 Å². The average molecular weight is 274 g/mol. The van der Waals surface area contributed by atoms with E-state index in [2.05, 4.69) is 18.8 Å². The summed E-state index contributed by atoms with van der Waals surface area (Å²) in [5.74, 6) is 0.513. The van der Waals surface area contributed by atoms with Gasteiger partial charge < -0.3 is 15.1 Å². The Hall–Kier alpha value is -1.07. The van der Waals surface area contributed by atoms with Gasteiger partial charge in [-0.1, -0.05) is 13.8 Å². The summed E-state index contributed by atoms with van der Waals surface area (Å²) in [6.07, 6.45) is 2.14. The highest BCUT2D eigenvalue weighted by atomic mass is 35.5. The van der Waals surface area contributed by atoms with Gasteiger partial charge in [0.05, 0.1) is 0 Å². The highest BCUT2D eigenvalue weighted by Crippen LogP contribution is 2.28. The molecule has 18 heavy (non-hydrogen) atoms. The van der Waals surface area contributed by atoms with Crippen LogP contribution in [0, 0.1) is 12.3 Å². The number of aromatic nitrogens is 1. The minimum absolute atomic E-state index is 0. The van der Waals surface area contributed by atoms with Gasteiger partial charge in [0.2, 0.25) is 0 Å². The van der Waals surface area contributed by atoms with Crippen LogP contribution in [0.1, 0.15) is 36.5 Å². The Kier molecular flexibility index (Phi) is 4.40. The van der Waals surface area contributed by atoms with Gasteiger partial charge >= 0.3 is 0 Å². The lowest BCUT2D eigenvalue weighted by atomic mass is 9.79. The summed E-state index contributed by atoms with van der Waals surface area (Å²) in [5, 5.41) is 0. The quantitative estimate of drug-likeness (QED) is 0.844. The van der Waals surface area contributed by atoms with Crippen LogP contribution >= 0.6 is 12.4 Å². The number of carbonyl (C=O) groups excluding carboxylic acids is 1. The van der Waals surface area contributed by atoms with Crippen molar-refractivity contribution in [3.05, 3.63) is 17.8 Å². The molecule has 0 saturated carbocycles. The normalized spacial score (nSPS) is 22.4. The lowest BCUT2D eigenvalue weighted by molar-refractivity contribution is 0.0526. The predicted octanol–water partition coefficient (Wildman–Crippen LogP) is 1.60. The lowest BCUT2D eigenvalue weighted by Crippen LogP contribution is -2.54. The molecule has 0 bridgehead atoms. The average Bonchev–Trinajstić information content (AvgIpc) is 2.67. The molecule has 1 atom stereocenters. The molecule has 1 aromatic rings. The van der Waals surface area contributed by atoms with E-state index < -0.39 is 0 Å². The summed E-state index contributed by atoms with van der Waals surface area (Å²) < 4.78 is 5.07. The standard InChI is InChI=1S/C12H19N3O2.ClH/c1-8-10(14-7-17-8)11(16)15-5-4-9(13)12(2,3)6-15;/h7,9H,4-6,13H2,1-3H3;1H. The maximum absolute atomic E-state index is 12.2. The van der Waals surface area contributed by atoms with E-state index in [0.717, 1.165) is 6.42 Å². The molecule has 0 radical (unpaired) electrons. The second-order valence-corrected chi connectivity index (χ2v) is 5.37. The molecule has 1 aromatic heterocycles. The van der Waals surface area contributed by atoms with Gasteiger partial charge in [0.1, 0.15) is 5.76 Å². The molecule has 1 fully saturated rings. The van der Waals surface area contributed by atoms with Crippen molar-refractivity contribution in [2.75, 3.05) is 13.1 Å². The number of halogens is 1. The molecule has 1 saturated heterocycles. The molecule has 1 amide bonds. The lowest BCUT2D eigenvalue weighted by Gasteiger charge is -2.42. The Morgan fingerprint density at radius 1 is 1.61 bits per heavy atom. The van der Waals surface area contributed by atoms with E-state index in [0.29, 0.717) is 24.5 Å². The molecule has 1 aliphatic rings. The van der Waals surface area contributed by atoms with Crippen molar-refractivity contribution < 1.29 is 9.21 Å². The van der Waals surface area contributed by atoms with Crippen LogP contribution in [-0.2, 0) is 0 Å². The number of carbonyl (C=O) groups is 1. The molecule has 102 valence electrons. The monoisotopic (exact) mass is 273 g/mol. The number of likely N-dealkylation sites (tertiary alicyclic amines) is 1. The Balaban J connectivity index is 0.00000162. The number of nitrogens with two attached hydrogens (primary N) is 1. The van der Waals surface area contributed by atoms with Crippen molar-refractivity contribution in [3.8, 4) is 0 Å². The van der Waals surface area contributed by atoms with Gasteiger partial charge in [-0.05, 0) is 18.8 Å². The fourth-order valence-corrected chi connectivity index (χ4v) is 2.21. The molecular weight excluding hydrogens is 254 g/mol. The second kappa shape index (κ2) is 5.28. The first-order valence-corrected chi connectivity index (χ1v) is 5.87. The Bertz CT molecular complexity index is 431. The summed E-state index contributed by atoms with van der Waals surface area (Å²) in [6.45, 7) is 7.29. The molecule has 0 aromatic carbocycles. The number of aryl methyl sites for hydroxylation is 1. The fraction of sp³-hybridized carbons (Fsp3) is 0.667. The van der Waals surface area contributed by atoms with Gasteiger partial charge in [-0.15, -0.1) is 12.4 Å². The highest BCUT2D eigenvalue weighted by Gasteiger charge is 2.36. The molecular formula is C12H20ClN3O2. The maximum Gasteiger partial charge on any atom is 0.276 e. The number of amides is 1. The molecule has 0 aliphatic carbocycles. The first-order valence-electron chi connectivity index (χ1n) is 5.87. The van der Waals surface area contributed by atoms with Gasteiger partial charge in [-0.3, -0.25) is 4.79 Å². The van der Waals surface area contributed by atoms with Crippen molar-refractivity contribution in [1.82, 2.24) is 9.88 Å². The molecule has 2 rings (SSSR count). The van der Waals surface area contributed by atoms with Gasteiger partial charge in [0.25, 0.3) is 5.91 Å². The number of hydrogen-bond donors (Lipinski definition) is 1. The van der Waals surface area contributed by atoms with Gasteiger partial charge in [-0.25, -0.2) is 4.98 Å². The first kappa shape index (κ1) is 15.0. The van der Waals surface area contributed by atoms with Crippen LogP contribution in [0.5, 0.6) is 0 Å². The van der Waals surface area contributed by atoms with Gasteiger partial charge in [0.15, 0.2) is 12.1 Å². The molecule has 0 spiro atoms. The third-order valence-corrected chi connectivity index (χ3v) is 3.55. The zero-order valence-corrected chi connectivity index (χ0v) is 11.8. The summed E-state index contributed by atoms with van der Waals surface area (Å²) in [6, 6.07) is 0.143. The van der Waals surface area contributed by atoms with Crippen LogP contribution in [-0.4, -0.2) is 34.9 Å². The first-order chi connectivity index (χ1) is 7.92. The highest BCUT2D eigenvalue weighted by molar-refractivity contribution is 5.93. The Morgan fingerprint density at radius 2 is 2.28 bits per heavy atom. The number of nitrogens with zero attached hydrogens (tertiary/aromatic N) is 2. The zero-order chi connectivity index (χ0) is 12.6. The minimum atomic E-state index is -0.0591. The van der Waals surface area contributed by atoms with Crippen molar-refractivity contribution in [2.45, 2.75) is 33.2 Å². The van der Waals surface area contributed by atoms with Crippen molar-refractivity contribution in [2.24, 2.45) is 11.1 Å². The zero-order valence-electron chi connectivity index (χ0n) is 11.0. The van der Waals surface area contributed by atoms with E-state index >= 15 is 0 Å². The number of hydrogen-bond acceptors (Lipinski definition) is 4. The maximum atomic E-state index is 12.2. The van der Waals surface area contributed by atoms with Crippen LogP contribution in [0.25, 0.3) is 0 Å². The molecule has 2 N–H and O–H groups in total. The van der Waals surface area contributed by atoms with Crippen LogP contribution in [0.15, 0.2) is 10.8 Å². The molecule has 5 nitrogen and oxygen atoms in total. The topological polar surface area (TPSA) is 72.4 Å². The van der Waals surface area contributed by atoms with Crippen molar-refractivity contribution in [1.29, 1.82) is 0 Å². The Morgan fingerprint density at radius 3 is 2.78 bits per heavy atom. The largest absolute Gasteiger partial charge is 0.448 e. The molecule has 6 heteroatoms. The Labute approximate surface area is 113 Å². The van der Waals surface area contributed by atoms with E-state index in [4.69, 9.17) is 10.2 Å². The third kappa shape index (κ3) is 2.67. The molecule has 1 aliphatic heterocycles. The van der Waals surface area contributed by atoms with Crippen LogP contribution in [0.4, 0.5) is 0 Å². The smallest absolute Gasteiger partial charge is 0.276 e. The fourth-order valence-electron chi connectivity index (χ4n) is 2.21. The number of rotatable bonds is 1. The summed E-state index contributed by atoms with van der Waals surface area (Å²) in [5.41, 5.74) is 6.41. The SMILES string of the molecule is Cc1ocnc1C(=O)N1CCC(N)C(C)(C)C1.Cl.